The Balaban J connectivity index is 2.47. The molecule has 0 aliphatic carbocycles. The molecule has 0 saturated heterocycles. The van der Waals surface area contributed by atoms with Gasteiger partial charge >= 0.3 is 0 Å². The molecule has 2 N–H and O–H groups in total. The molecule has 0 aromatic heterocycles. The summed E-state index contributed by atoms with van der Waals surface area (Å²) in [5.74, 6) is 1.16. The topological polar surface area (TPSA) is 60.0 Å². The second-order valence-electron chi connectivity index (χ2n) is 4.63. The van der Waals surface area contributed by atoms with Gasteiger partial charge in [0.2, 0.25) is 0 Å². The Morgan fingerprint density at radius 2 is 1.78 bits per heavy atom. The molecule has 0 unspecified atom stereocenters. The first-order valence-corrected chi connectivity index (χ1v) is 8.22. The molecule has 2 aromatic rings. The van der Waals surface area contributed by atoms with Crippen LogP contribution in [0.4, 0.5) is 5.69 Å². The van der Waals surface area contributed by atoms with Crippen LogP contribution in [0, 0.1) is 0 Å². The van der Waals surface area contributed by atoms with Gasteiger partial charge in [-0.25, -0.2) is 9.98 Å². The van der Waals surface area contributed by atoms with Crippen LogP contribution in [-0.2, 0) is 4.74 Å². The predicted octanol–water partition coefficient (Wildman–Crippen LogP) is 4.06. The number of methoxy groups -OCH3 is 1. The summed E-state index contributed by atoms with van der Waals surface area (Å²) in [6, 6.07) is 17.4. The van der Waals surface area contributed by atoms with E-state index in [2.05, 4.69) is 16.6 Å². The molecule has 0 bridgehead atoms. The third-order valence-corrected chi connectivity index (χ3v) is 3.62. The van der Waals surface area contributed by atoms with Gasteiger partial charge in [-0.3, -0.25) is 0 Å². The fraction of sp³-hybridized carbons (Fsp3) is 0.111. The molecular formula is C18H19N3OS. The van der Waals surface area contributed by atoms with Gasteiger partial charge in [0.05, 0.1) is 12.8 Å². The molecule has 0 amide bonds. The van der Waals surface area contributed by atoms with E-state index in [4.69, 9.17) is 10.5 Å². The van der Waals surface area contributed by atoms with E-state index in [-0.39, 0.29) is 0 Å². The summed E-state index contributed by atoms with van der Waals surface area (Å²) < 4.78 is 5.17. The summed E-state index contributed by atoms with van der Waals surface area (Å²) in [7, 11) is 1.59. The molecule has 2 aromatic carbocycles. The molecule has 0 fully saturated rings. The van der Waals surface area contributed by atoms with Crippen LogP contribution in [0.3, 0.4) is 0 Å². The zero-order valence-electron chi connectivity index (χ0n) is 13.2. The normalized spacial score (nSPS) is 12.1. The smallest absolute Gasteiger partial charge is 0.162 e. The number of benzene rings is 2. The van der Waals surface area contributed by atoms with Crippen molar-refractivity contribution in [1.29, 1.82) is 0 Å². The lowest BCUT2D eigenvalue weighted by Gasteiger charge is -2.06. The molecule has 5 heteroatoms. The monoisotopic (exact) mass is 325 g/mol. The number of nitrogens with two attached hydrogens (primary N) is 1. The Kier molecular flexibility index (Phi) is 6.00. The summed E-state index contributed by atoms with van der Waals surface area (Å²) in [4.78, 5) is 9.04. The van der Waals surface area contributed by atoms with Crippen LogP contribution in [-0.4, -0.2) is 24.4 Å². The van der Waals surface area contributed by atoms with Crippen LogP contribution in [0.1, 0.15) is 11.1 Å². The Morgan fingerprint density at radius 3 is 2.43 bits per heavy atom. The number of thioether (sulfide) groups is 1. The largest absolute Gasteiger partial charge is 0.497 e. The first-order chi connectivity index (χ1) is 11.1. The van der Waals surface area contributed by atoms with Crippen molar-refractivity contribution in [2.24, 2.45) is 15.7 Å². The number of rotatable bonds is 4. The Morgan fingerprint density at radius 1 is 1.09 bits per heavy atom. The zero-order valence-corrected chi connectivity index (χ0v) is 14.0. The third-order valence-electron chi connectivity index (χ3n) is 3.11. The molecule has 0 atom stereocenters. The number of hydrogen-bond acceptors (Lipinski definition) is 3. The lowest BCUT2D eigenvalue weighted by Crippen LogP contribution is -2.10. The Hall–Kier alpha value is -2.53. The highest BCUT2D eigenvalue weighted by atomic mass is 32.2. The molecule has 23 heavy (non-hydrogen) atoms. The second kappa shape index (κ2) is 8.19. The van der Waals surface area contributed by atoms with E-state index in [0.29, 0.717) is 16.8 Å². The third kappa shape index (κ3) is 4.72. The minimum absolute atomic E-state index is 0.463. The van der Waals surface area contributed by atoms with Crippen LogP contribution in [0.5, 0.6) is 0 Å². The first-order valence-electron chi connectivity index (χ1n) is 6.99. The maximum Gasteiger partial charge on any atom is 0.162 e. The summed E-state index contributed by atoms with van der Waals surface area (Å²) >= 11 is 1.38. The highest BCUT2D eigenvalue weighted by Gasteiger charge is 2.05. The fourth-order valence-corrected chi connectivity index (χ4v) is 2.06. The Bertz CT molecular complexity index is 739. The van der Waals surface area contributed by atoms with Crippen molar-refractivity contribution >= 4 is 34.2 Å². The zero-order chi connectivity index (χ0) is 16.7. The molecule has 4 nitrogen and oxygen atoms in total. The molecule has 0 saturated carbocycles. The van der Waals surface area contributed by atoms with Gasteiger partial charge in [0, 0.05) is 11.1 Å². The van der Waals surface area contributed by atoms with Crippen molar-refractivity contribution in [3.05, 3.63) is 72.3 Å². The molecule has 0 radical (unpaired) electrons. The van der Waals surface area contributed by atoms with Gasteiger partial charge in [0.1, 0.15) is 5.76 Å². The van der Waals surface area contributed by atoms with E-state index < -0.39 is 0 Å². The van der Waals surface area contributed by atoms with Gasteiger partial charge < -0.3 is 10.5 Å². The second-order valence-corrected chi connectivity index (χ2v) is 5.46. The number of hydrogen-bond donors (Lipinski definition) is 1. The lowest BCUT2D eigenvalue weighted by molar-refractivity contribution is 0.371. The van der Waals surface area contributed by atoms with Crippen LogP contribution >= 0.6 is 11.8 Å². The standard InChI is InChI=1S/C18H19N3OS/c1-13(22-2)15-10-7-11-16(12-15)20-17(21-18(19)23-3)14-8-5-4-6-9-14/h4-12H,1H2,2-3H3,(H2,19,20,21). The fourth-order valence-electron chi connectivity index (χ4n) is 1.88. The van der Waals surface area contributed by atoms with Crippen molar-refractivity contribution in [2.45, 2.75) is 0 Å². The molecule has 2 rings (SSSR count). The number of amidine groups is 2. The number of ether oxygens (including phenoxy) is 1. The van der Waals surface area contributed by atoms with Gasteiger partial charge in [0.25, 0.3) is 0 Å². The summed E-state index contributed by atoms with van der Waals surface area (Å²) in [5.41, 5.74) is 8.40. The maximum absolute atomic E-state index is 5.86. The SMILES string of the molecule is C=C(OC)c1cccc(N=C(N=C(N)SC)c2ccccc2)c1. The van der Waals surface area contributed by atoms with Gasteiger partial charge in [-0.05, 0) is 18.4 Å². The van der Waals surface area contributed by atoms with Crippen LogP contribution in [0.15, 0.2) is 71.2 Å². The van der Waals surface area contributed by atoms with E-state index in [1.54, 1.807) is 7.11 Å². The van der Waals surface area contributed by atoms with Crippen molar-refractivity contribution in [3.8, 4) is 0 Å². The molecule has 0 aliphatic rings. The molecule has 0 aliphatic heterocycles. The van der Waals surface area contributed by atoms with E-state index >= 15 is 0 Å². The van der Waals surface area contributed by atoms with Crippen molar-refractivity contribution < 1.29 is 4.74 Å². The number of nitrogens with zero attached hydrogens (tertiary/aromatic N) is 2. The van der Waals surface area contributed by atoms with Crippen LogP contribution in [0.2, 0.25) is 0 Å². The van der Waals surface area contributed by atoms with E-state index in [1.165, 1.54) is 11.8 Å². The number of aliphatic imine (C=N–C) groups is 2. The Labute approximate surface area is 140 Å². The highest BCUT2D eigenvalue weighted by molar-refractivity contribution is 8.13. The van der Waals surface area contributed by atoms with Gasteiger partial charge in [-0.2, -0.15) is 0 Å². The molecule has 0 spiro atoms. The van der Waals surface area contributed by atoms with E-state index in [0.717, 1.165) is 16.8 Å². The summed E-state index contributed by atoms with van der Waals surface area (Å²) in [5, 5.41) is 0.463. The van der Waals surface area contributed by atoms with Gasteiger partial charge in [0.15, 0.2) is 11.0 Å². The van der Waals surface area contributed by atoms with Crippen molar-refractivity contribution in [2.75, 3.05) is 13.4 Å². The van der Waals surface area contributed by atoms with E-state index in [1.807, 2.05) is 60.9 Å². The molecule has 0 heterocycles. The van der Waals surface area contributed by atoms with Crippen molar-refractivity contribution in [3.63, 3.8) is 0 Å². The lowest BCUT2D eigenvalue weighted by atomic mass is 10.1. The molecular weight excluding hydrogens is 306 g/mol. The first kappa shape index (κ1) is 16.8. The minimum atomic E-state index is 0.463. The summed E-state index contributed by atoms with van der Waals surface area (Å²) in [6.45, 7) is 3.86. The predicted molar refractivity (Wildman–Crippen MR) is 100 cm³/mol. The minimum Gasteiger partial charge on any atom is -0.497 e. The average Bonchev–Trinajstić information content (AvgIpc) is 2.61. The average molecular weight is 325 g/mol. The van der Waals surface area contributed by atoms with Gasteiger partial charge in [-0.15, -0.1) is 0 Å². The summed E-state index contributed by atoms with van der Waals surface area (Å²) in [6.07, 6.45) is 1.88. The van der Waals surface area contributed by atoms with Gasteiger partial charge in [-0.1, -0.05) is 60.8 Å². The van der Waals surface area contributed by atoms with E-state index in [9.17, 15) is 0 Å². The maximum atomic E-state index is 5.86. The van der Waals surface area contributed by atoms with Crippen LogP contribution in [0.25, 0.3) is 5.76 Å². The quantitative estimate of drug-likeness (QED) is 0.524. The highest BCUT2D eigenvalue weighted by Crippen LogP contribution is 2.21. The van der Waals surface area contributed by atoms with Crippen LogP contribution < -0.4 is 5.73 Å². The molecule has 118 valence electrons. The van der Waals surface area contributed by atoms with Crippen molar-refractivity contribution in [1.82, 2.24) is 0 Å².